The molecule has 0 spiro atoms. The van der Waals surface area contributed by atoms with Crippen molar-refractivity contribution in [3.63, 3.8) is 0 Å². The lowest BCUT2D eigenvalue weighted by Gasteiger charge is -2.36. The lowest BCUT2D eigenvalue weighted by atomic mass is 9.96. The Balaban J connectivity index is 1.26. The minimum absolute atomic E-state index is 0.0174. The van der Waals surface area contributed by atoms with Gasteiger partial charge in [0.25, 0.3) is 5.91 Å². The number of carbonyl (C=O) groups excluding carboxylic acids is 1. The molecule has 1 aliphatic rings. The zero-order chi connectivity index (χ0) is 28.6. The minimum atomic E-state index is -4.67. The van der Waals surface area contributed by atoms with Crippen LogP contribution < -0.4 is 4.90 Å². The van der Waals surface area contributed by atoms with Crippen LogP contribution in [0.2, 0.25) is 0 Å². The SMILES string of the molecule is Cc1ccc(-c2cc(C(F)(F)F)n3nc(C(=O)N4CC[NH+](C(c5ccccc5)c5ccccc5)CC4)cc3n2)cc1. The predicted molar refractivity (Wildman–Crippen MR) is 149 cm³/mol. The molecule has 41 heavy (non-hydrogen) atoms. The van der Waals surface area contributed by atoms with Crippen LogP contribution in [0.25, 0.3) is 16.9 Å². The van der Waals surface area contributed by atoms with E-state index in [9.17, 15) is 18.0 Å². The van der Waals surface area contributed by atoms with E-state index in [0.29, 0.717) is 31.7 Å². The molecule has 3 aromatic carbocycles. The molecule has 0 atom stereocenters. The van der Waals surface area contributed by atoms with Crippen LogP contribution in [0.4, 0.5) is 13.2 Å². The maximum absolute atomic E-state index is 14.1. The Morgan fingerprint density at radius 1 is 0.854 bits per heavy atom. The molecule has 3 heterocycles. The fourth-order valence-corrected chi connectivity index (χ4v) is 5.56. The third-order valence-electron chi connectivity index (χ3n) is 7.65. The second kappa shape index (κ2) is 10.8. The van der Waals surface area contributed by atoms with Gasteiger partial charge in [-0.15, -0.1) is 0 Å². The Hall–Kier alpha value is -4.50. The summed E-state index contributed by atoms with van der Waals surface area (Å²) in [5, 5.41) is 4.09. The lowest BCUT2D eigenvalue weighted by molar-refractivity contribution is -0.929. The van der Waals surface area contributed by atoms with Crippen molar-refractivity contribution in [2.75, 3.05) is 26.2 Å². The molecule has 0 radical (unpaired) electrons. The van der Waals surface area contributed by atoms with Crippen LogP contribution in [-0.4, -0.2) is 51.6 Å². The lowest BCUT2D eigenvalue weighted by Crippen LogP contribution is -3.15. The van der Waals surface area contributed by atoms with E-state index in [1.54, 1.807) is 17.0 Å². The minimum Gasteiger partial charge on any atom is -0.326 e. The predicted octanol–water partition coefficient (Wildman–Crippen LogP) is 4.85. The van der Waals surface area contributed by atoms with Crippen LogP contribution in [-0.2, 0) is 6.18 Å². The average molecular weight is 557 g/mol. The number of alkyl halides is 3. The van der Waals surface area contributed by atoms with Crippen LogP contribution >= 0.6 is 0 Å². The van der Waals surface area contributed by atoms with Crippen molar-refractivity contribution in [1.29, 1.82) is 0 Å². The number of nitrogens with zero attached hydrogens (tertiary/aromatic N) is 4. The van der Waals surface area contributed by atoms with E-state index >= 15 is 0 Å². The summed E-state index contributed by atoms with van der Waals surface area (Å²) < 4.78 is 42.9. The first-order chi connectivity index (χ1) is 19.8. The zero-order valence-corrected chi connectivity index (χ0v) is 22.5. The summed E-state index contributed by atoms with van der Waals surface area (Å²) in [4.78, 5) is 20.9. The summed E-state index contributed by atoms with van der Waals surface area (Å²) in [5.74, 6) is -0.393. The van der Waals surface area contributed by atoms with Gasteiger partial charge in [0.05, 0.1) is 31.9 Å². The number of nitrogens with one attached hydrogen (secondary N) is 1. The van der Waals surface area contributed by atoms with Crippen molar-refractivity contribution in [2.24, 2.45) is 0 Å². The largest absolute Gasteiger partial charge is 0.433 e. The smallest absolute Gasteiger partial charge is 0.326 e. The highest BCUT2D eigenvalue weighted by Crippen LogP contribution is 2.32. The van der Waals surface area contributed by atoms with Crippen LogP contribution in [0.1, 0.15) is 38.9 Å². The molecule has 5 aromatic rings. The number of fused-ring (bicyclic) bond motifs is 1. The number of aryl methyl sites for hydroxylation is 1. The molecule has 0 bridgehead atoms. The topological polar surface area (TPSA) is 54.9 Å². The van der Waals surface area contributed by atoms with Gasteiger partial charge < -0.3 is 9.80 Å². The van der Waals surface area contributed by atoms with Gasteiger partial charge in [-0.05, 0) is 13.0 Å². The number of aromatic nitrogens is 3. The molecular formula is C32H29F3N5O+. The fraction of sp³-hybridized carbons (Fsp3) is 0.219. The third-order valence-corrected chi connectivity index (χ3v) is 7.65. The van der Waals surface area contributed by atoms with Crippen molar-refractivity contribution < 1.29 is 22.9 Å². The fourth-order valence-electron chi connectivity index (χ4n) is 5.56. The standard InChI is InChI=1S/C32H28F3N5O/c1-22-12-14-23(15-13-22)26-20-28(32(33,34)35)40-29(36-26)21-27(37-40)31(41)39-18-16-38(17-19-39)30(24-8-4-2-5-9-24)25-10-6-3-7-11-25/h2-15,20-21,30H,16-19H2,1H3/p+1. The molecule has 1 aliphatic heterocycles. The Morgan fingerprint density at radius 3 is 2.00 bits per heavy atom. The number of piperazine rings is 1. The van der Waals surface area contributed by atoms with Crippen molar-refractivity contribution in [1.82, 2.24) is 19.5 Å². The molecule has 0 unspecified atom stereocenters. The number of rotatable bonds is 5. The molecule has 0 saturated carbocycles. The number of quaternary nitrogens is 1. The molecule has 6 rings (SSSR count). The van der Waals surface area contributed by atoms with Gasteiger partial charge >= 0.3 is 6.18 Å². The molecule has 208 valence electrons. The second-order valence-corrected chi connectivity index (χ2v) is 10.4. The number of hydrogen-bond donors (Lipinski definition) is 1. The highest BCUT2D eigenvalue weighted by atomic mass is 19.4. The van der Waals surface area contributed by atoms with E-state index in [4.69, 9.17) is 0 Å². The third kappa shape index (κ3) is 5.45. The van der Waals surface area contributed by atoms with E-state index in [2.05, 4.69) is 34.3 Å². The monoisotopic (exact) mass is 556 g/mol. The number of halogens is 3. The maximum Gasteiger partial charge on any atom is 0.433 e. The first-order valence-electron chi connectivity index (χ1n) is 13.6. The highest BCUT2D eigenvalue weighted by Gasteiger charge is 2.37. The van der Waals surface area contributed by atoms with Gasteiger partial charge in [-0.1, -0.05) is 90.5 Å². The summed E-state index contributed by atoms with van der Waals surface area (Å²) in [5.41, 5.74) is 3.08. The van der Waals surface area contributed by atoms with Gasteiger partial charge in [0.15, 0.2) is 17.0 Å². The van der Waals surface area contributed by atoms with Crippen LogP contribution in [0.3, 0.4) is 0 Å². The van der Waals surface area contributed by atoms with Gasteiger partial charge in [0, 0.05) is 22.8 Å². The summed E-state index contributed by atoms with van der Waals surface area (Å²) >= 11 is 0. The summed E-state index contributed by atoms with van der Waals surface area (Å²) in [6.07, 6.45) is -4.67. The number of carbonyl (C=O) groups is 1. The van der Waals surface area contributed by atoms with Gasteiger partial charge in [-0.25, -0.2) is 9.50 Å². The normalized spacial score (nSPS) is 14.6. The van der Waals surface area contributed by atoms with Crippen molar-refractivity contribution in [3.8, 4) is 11.3 Å². The molecular weight excluding hydrogens is 527 g/mol. The molecule has 1 saturated heterocycles. The van der Waals surface area contributed by atoms with E-state index in [-0.39, 0.29) is 23.1 Å². The van der Waals surface area contributed by atoms with E-state index in [1.807, 2.05) is 55.5 Å². The van der Waals surface area contributed by atoms with Gasteiger partial charge in [0.2, 0.25) is 0 Å². The first-order valence-corrected chi connectivity index (χ1v) is 13.6. The highest BCUT2D eigenvalue weighted by molar-refractivity contribution is 5.93. The second-order valence-electron chi connectivity index (χ2n) is 10.4. The van der Waals surface area contributed by atoms with Crippen molar-refractivity contribution in [2.45, 2.75) is 19.1 Å². The van der Waals surface area contributed by atoms with Crippen molar-refractivity contribution >= 4 is 11.6 Å². The molecule has 0 aliphatic carbocycles. The van der Waals surface area contributed by atoms with Crippen molar-refractivity contribution in [3.05, 3.63) is 125 Å². The van der Waals surface area contributed by atoms with E-state index in [0.717, 1.165) is 16.1 Å². The Kier molecular flexibility index (Phi) is 7.05. The average Bonchev–Trinajstić information content (AvgIpc) is 3.42. The Bertz CT molecular complexity index is 1620. The maximum atomic E-state index is 14.1. The molecule has 6 nitrogen and oxygen atoms in total. The summed E-state index contributed by atoms with van der Waals surface area (Å²) in [6.45, 7) is 4.22. The Labute approximate surface area is 235 Å². The Morgan fingerprint density at radius 2 is 1.44 bits per heavy atom. The van der Waals surface area contributed by atoms with Crippen LogP contribution in [0, 0.1) is 6.92 Å². The summed E-state index contributed by atoms with van der Waals surface area (Å²) in [6, 6.07) is 30.1. The molecule has 1 fully saturated rings. The van der Waals surface area contributed by atoms with Gasteiger partial charge in [-0.3, -0.25) is 4.79 Å². The number of hydrogen-bond acceptors (Lipinski definition) is 3. The quantitative estimate of drug-likeness (QED) is 0.337. The summed E-state index contributed by atoms with van der Waals surface area (Å²) in [7, 11) is 0. The zero-order valence-electron chi connectivity index (χ0n) is 22.5. The molecule has 1 N–H and O–H groups in total. The number of benzene rings is 3. The van der Waals surface area contributed by atoms with E-state index < -0.39 is 17.8 Å². The number of amides is 1. The van der Waals surface area contributed by atoms with Gasteiger partial charge in [-0.2, -0.15) is 18.3 Å². The van der Waals surface area contributed by atoms with E-state index in [1.165, 1.54) is 22.1 Å². The molecule has 1 amide bonds. The van der Waals surface area contributed by atoms with Crippen LogP contribution in [0.5, 0.6) is 0 Å². The van der Waals surface area contributed by atoms with Crippen LogP contribution in [0.15, 0.2) is 97.1 Å². The molecule has 9 heteroatoms. The first kappa shape index (κ1) is 26.7. The molecule has 2 aromatic heterocycles. The van der Waals surface area contributed by atoms with Gasteiger partial charge in [0.1, 0.15) is 6.04 Å².